The molecule has 0 bridgehead atoms. The van der Waals surface area contributed by atoms with Gasteiger partial charge >= 0.3 is 0 Å². The van der Waals surface area contributed by atoms with Crippen LogP contribution in [0.25, 0.3) is 0 Å². The molecular formula is C9H15N3OS. The van der Waals surface area contributed by atoms with Crippen LogP contribution in [0.15, 0.2) is 4.52 Å². The van der Waals surface area contributed by atoms with Crippen molar-refractivity contribution in [3.63, 3.8) is 0 Å². The average molecular weight is 213 g/mol. The topological polar surface area (TPSA) is 64.9 Å². The number of hydrogen-bond donors (Lipinski definition) is 1. The molecule has 1 aliphatic rings. The molecule has 2 atom stereocenters. The Morgan fingerprint density at radius 1 is 1.71 bits per heavy atom. The van der Waals surface area contributed by atoms with Gasteiger partial charge in [-0.15, -0.1) is 11.8 Å². The number of thioether (sulfide) groups is 1. The molecule has 0 aromatic carbocycles. The summed E-state index contributed by atoms with van der Waals surface area (Å²) in [4.78, 5) is 4.38. The summed E-state index contributed by atoms with van der Waals surface area (Å²) < 4.78 is 5.23. The first-order valence-corrected chi connectivity index (χ1v) is 6.01. The Morgan fingerprint density at radius 2 is 2.57 bits per heavy atom. The van der Waals surface area contributed by atoms with Gasteiger partial charge in [-0.25, -0.2) is 0 Å². The van der Waals surface area contributed by atoms with E-state index in [1.54, 1.807) is 0 Å². The fraction of sp³-hybridized carbons (Fsp3) is 0.778. The highest BCUT2D eigenvalue weighted by atomic mass is 32.2. The van der Waals surface area contributed by atoms with E-state index in [0.29, 0.717) is 11.8 Å². The molecule has 0 aliphatic carbocycles. The lowest BCUT2D eigenvalue weighted by atomic mass is 10.2. The van der Waals surface area contributed by atoms with Crippen LogP contribution in [0, 0.1) is 0 Å². The van der Waals surface area contributed by atoms with Crippen LogP contribution in [0.1, 0.15) is 42.6 Å². The van der Waals surface area contributed by atoms with Gasteiger partial charge in [0.2, 0.25) is 5.89 Å². The highest BCUT2D eigenvalue weighted by Gasteiger charge is 2.24. The quantitative estimate of drug-likeness (QED) is 0.827. The number of hydrogen-bond acceptors (Lipinski definition) is 5. The third kappa shape index (κ3) is 1.93. The number of aromatic nitrogens is 2. The van der Waals surface area contributed by atoms with E-state index in [-0.39, 0.29) is 5.92 Å². The fourth-order valence-corrected chi connectivity index (χ4v) is 2.65. The maximum absolute atomic E-state index is 5.54. The van der Waals surface area contributed by atoms with Crippen LogP contribution in [-0.2, 0) is 0 Å². The summed E-state index contributed by atoms with van der Waals surface area (Å²) in [5.41, 5.74) is 5.54. The Morgan fingerprint density at radius 3 is 3.21 bits per heavy atom. The summed E-state index contributed by atoms with van der Waals surface area (Å²) in [6.07, 6.45) is 2.41. The van der Waals surface area contributed by atoms with E-state index in [1.807, 2.05) is 18.7 Å². The molecule has 0 radical (unpaired) electrons. The summed E-state index contributed by atoms with van der Waals surface area (Å²) in [5.74, 6) is 2.92. The van der Waals surface area contributed by atoms with Crippen molar-refractivity contribution in [1.82, 2.24) is 10.1 Å². The van der Waals surface area contributed by atoms with Crippen molar-refractivity contribution in [2.45, 2.75) is 30.9 Å². The lowest BCUT2D eigenvalue weighted by Gasteiger charge is -2.00. The van der Waals surface area contributed by atoms with Crippen LogP contribution >= 0.6 is 11.8 Å². The predicted octanol–water partition coefficient (Wildman–Crippen LogP) is 1.70. The summed E-state index contributed by atoms with van der Waals surface area (Å²) in [5, 5.41) is 4.37. The zero-order valence-electron chi connectivity index (χ0n) is 8.27. The Labute approximate surface area is 87.6 Å². The van der Waals surface area contributed by atoms with Crippen molar-refractivity contribution in [2.24, 2.45) is 5.73 Å². The van der Waals surface area contributed by atoms with Gasteiger partial charge < -0.3 is 10.3 Å². The largest absolute Gasteiger partial charge is 0.338 e. The van der Waals surface area contributed by atoms with E-state index in [1.165, 1.54) is 12.2 Å². The van der Waals surface area contributed by atoms with Gasteiger partial charge in [0.05, 0.1) is 5.25 Å². The standard InChI is InChI=1S/C9H15N3OS/c1-6(5-10)8-11-9(13-12-8)7-3-2-4-14-7/h6-7H,2-5,10H2,1H3. The van der Waals surface area contributed by atoms with Gasteiger partial charge in [0.15, 0.2) is 5.82 Å². The molecule has 4 nitrogen and oxygen atoms in total. The third-order valence-electron chi connectivity index (χ3n) is 2.46. The van der Waals surface area contributed by atoms with Crippen LogP contribution < -0.4 is 5.73 Å². The number of rotatable bonds is 3. The van der Waals surface area contributed by atoms with Crippen molar-refractivity contribution in [1.29, 1.82) is 0 Å². The van der Waals surface area contributed by atoms with Gasteiger partial charge in [-0.05, 0) is 18.6 Å². The first-order chi connectivity index (χ1) is 6.81. The maximum Gasteiger partial charge on any atom is 0.239 e. The van der Waals surface area contributed by atoms with Gasteiger partial charge in [0.1, 0.15) is 0 Å². The normalized spacial score (nSPS) is 24.0. The van der Waals surface area contributed by atoms with Gasteiger partial charge in [0, 0.05) is 12.5 Å². The highest BCUT2D eigenvalue weighted by molar-refractivity contribution is 7.99. The van der Waals surface area contributed by atoms with Crippen molar-refractivity contribution in [3.8, 4) is 0 Å². The molecule has 0 amide bonds. The van der Waals surface area contributed by atoms with Crippen molar-refractivity contribution >= 4 is 11.8 Å². The number of nitrogens with two attached hydrogens (primary N) is 1. The van der Waals surface area contributed by atoms with Crippen molar-refractivity contribution < 1.29 is 4.52 Å². The van der Waals surface area contributed by atoms with E-state index < -0.39 is 0 Å². The van der Waals surface area contributed by atoms with Crippen molar-refractivity contribution in [2.75, 3.05) is 12.3 Å². The minimum Gasteiger partial charge on any atom is -0.338 e. The zero-order valence-corrected chi connectivity index (χ0v) is 9.09. The molecule has 78 valence electrons. The van der Waals surface area contributed by atoms with Crippen LogP contribution in [0.5, 0.6) is 0 Å². The average Bonchev–Trinajstić information content (AvgIpc) is 2.86. The molecule has 2 heterocycles. The second-order valence-corrected chi connectivity index (χ2v) is 4.94. The molecule has 1 saturated heterocycles. The van der Waals surface area contributed by atoms with Crippen LogP contribution in [0.2, 0.25) is 0 Å². The summed E-state index contributed by atoms with van der Waals surface area (Å²) >= 11 is 1.90. The van der Waals surface area contributed by atoms with Crippen LogP contribution in [-0.4, -0.2) is 22.4 Å². The molecule has 1 fully saturated rings. The number of nitrogens with zero attached hydrogens (tertiary/aromatic N) is 2. The summed E-state index contributed by atoms with van der Waals surface area (Å²) in [6.45, 7) is 2.58. The first-order valence-electron chi connectivity index (χ1n) is 4.96. The first kappa shape index (κ1) is 9.98. The minimum absolute atomic E-state index is 0.193. The molecule has 1 aromatic rings. The Bertz CT molecular complexity index is 296. The summed E-state index contributed by atoms with van der Waals surface area (Å²) in [7, 11) is 0. The molecule has 2 unspecified atom stereocenters. The second kappa shape index (κ2) is 4.31. The van der Waals surface area contributed by atoms with Gasteiger partial charge in [-0.2, -0.15) is 4.98 Å². The maximum atomic E-state index is 5.54. The molecule has 0 saturated carbocycles. The van der Waals surface area contributed by atoms with E-state index in [0.717, 1.165) is 18.1 Å². The lowest BCUT2D eigenvalue weighted by molar-refractivity contribution is 0.367. The lowest BCUT2D eigenvalue weighted by Crippen LogP contribution is -2.10. The van der Waals surface area contributed by atoms with Gasteiger partial charge in [-0.3, -0.25) is 0 Å². The second-order valence-electron chi connectivity index (χ2n) is 3.63. The van der Waals surface area contributed by atoms with E-state index in [2.05, 4.69) is 10.1 Å². The molecule has 2 N–H and O–H groups in total. The van der Waals surface area contributed by atoms with E-state index in [9.17, 15) is 0 Å². The molecule has 0 spiro atoms. The van der Waals surface area contributed by atoms with E-state index in [4.69, 9.17) is 10.3 Å². The van der Waals surface area contributed by atoms with Gasteiger partial charge in [0.25, 0.3) is 0 Å². The Kier molecular flexibility index (Phi) is 3.08. The zero-order chi connectivity index (χ0) is 9.97. The monoisotopic (exact) mass is 213 g/mol. The smallest absolute Gasteiger partial charge is 0.239 e. The Balaban J connectivity index is 2.08. The SMILES string of the molecule is CC(CN)c1noc(C2CCCS2)n1. The van der Waals surface area contributed by atoms with Crippen LogP contribution in [0.3, 0.4) is 0 Å². The minimum atomic E-state index is 0.193. The molecule has 14 heavy (non-hydrogen) atoms. The molecule has 5 heteroatoms. The predicted molar refractivity (Wildman–Crippen MR) is 56.2 cm³/mol. The molecule has 1 aliphatic heterocycles. The third-order valence-corrected chi connectivity index (χ3v) is 3.82. The summed E-state index contributed by atoms with van der Waals surface area (Å²) in [6, 6.07) is 0. The Hall–Kier alpha value is -0.550. The van der Waals surface area contributed by atoms with E-state index >= 15 is 0 Å². The van der Waals surface area contributed by atoms with Gasteiger partial charge in [-0.1, -0.05) is 12.1 Å². The molecular weight excluding hydrogens is 198 g/mol. The molecule has 2 rings (SSSR count). The van der Waals surface area contributed by atoms with Crippen LogP contribution in [0.4, 0.5) is 0 Å². The van der Waals surface area contributed by atoms with Crippen molar-refractivity contribution in [3.05, 3.63) is 11.7 Å². The molecule has 1 aromatic heterocycles. The fourth-order valence-electron chi connectivity index (χ4n) is 1.46. The highest BCUT2D eigenvalue weighted by Crippen LogP contribution is 2.39.